The van der Waals surface area contributed by atoms with Gasteiger partial charge in [-0.2, -0.15) is 0 Å². The zero-order chi connectivity index (χ0) is 23.1. The number of furan rings is 1. The monoisotopic (exact) mass is 455 g/mol. The van der Waals surface area contributed by atoms with E-state index in [2.05, 4.69) is 5.32 Å². The van der Waals surface area contributed by atoms with Gasteiger partial charge in [0.1, 0.15) is 17.4 Å². The second-order valence-corrected chi connectivity index (χ2v) is 8.43. The number of amides is 1. The Bertz CT molecular complexity index is 1110. The van der Waals surface area contributed by atoms with E-state index >= 15 is 0 Å². The van der Waals surface area contributed by atoms with E-state index in [1.165, 1.54) is 11.8 Å². The van der Waals surface area contributed by atoms with Gasteiger partial charge >= 0.3 is 11.9 Å². The van der Waals surface area contributed by atoms with Crippen LogP contribution in [0.4, 0.5) is 5.69 Å². The smallest absolute Gasteiger partial charge is 0.374 e. The number of para-hydroxylation sites is 1. The molecule has 0 saturated carbocycles. The van der Waals surface area contributed by atoms with Gasteiger partial charge in [-0.25, -0.2) is 4.79 Å². The van der Waals surface area contributed by atoms with E-state index in [4.69, 9.17) is 13.9 Å². The quantitative estimate of drug-likeness (QED) is 0.467. The third kappa shape index (κ3) is 5.91. The number of benzene rings is 2. The molecule has 0 aliphatic carbocycles. The standard InChI is InChI=1S/C24H25NO6S/c1-4-29-24(28)22-19(18-7-5-6-8-20(18)31-22)13-30-23(27)16(3)32-14-21(26)25-17-11-9-15(2)10-12-17/h5-12,16H,4,13-14H2,1-3H3,(H,25,26)/t16-/m0/s1. The molecule has 0 saturated heterocycles. The van der Waals surface area contributed by atoms with E-state index in [-0.39, 0.29) is 30.6 Å². The minimum atomic E-state index is -0.607. The van der Waals surface area contributed by atoms with Crippen LogP contribution in [0.25, 0.3) is 11.0 Å². The fourth-order valence-electron chi connectivity index (χ4n) is 2.97. The molecule has 0 aliphatic rings. The first-order valence-corrected chi connectivity index (χ1v) is 11.3. The summed E-state index contributed by atoms with van der Waals surface area (Å²) in [6, 6.07) is 14.6. The molecule has 0 fully saturated rings. The highest BCUT2D eigenvalue weighted by Crippen LogP contribution is 2.28. The molecular weight excluding hydrogens is 430 g/mol. The van der Waals surface area contributed by atoms with Crippen LogP contribution in [-0.2, 0) is 25.7 Å². The molecule has 168 valence electrons. The Labute approximate surface area is 190 Å². The predicted octanol–water partition coefficient (Wildman–Crippen LogP) is 4.72. The van der Waals surface area contributed by atoms with Gasteiger partial charge in [0, 0.05) is 11.1 Å². The van der Waals surface area contributed by atoms with Crippen LogP contribution in [0.2, 0.25) is 0 Å². The summed E-state index contributed by atoms with van der Waals surface area (Å²) in [5, 5.41) is 2.91. The highest BCUT2D eigenvalue weighted by atomic mass is 32.2. The molecular formula is C24H25NO6S. The Balaban J connectivity index is 1.57. The number of fused-ring (bicyclic) bond motifs is 1. The average molecular weight is 456 g/mol. The summed E-state index contributed by atoms with van der Waals surface area (Å²) in [5.74, 6) is -1.17. The molecule has 3 aromatic rings. The molecule has 1 atom stereocenters. The molecule has 1 aromatic heterocycles. The highest BCUT2D eigenvalue weighted by molar-refractivity contribution is 8.01. The van der Waals surface area contributed by atoms with E-state index in [1.807, 2.05) is 37.3 Å². The van der Waals surface area contributed by atoms with E-state index in [0.29, 0.717) is 22.2 Å². The van der Waals surface area contributed by atoms with Gasteiger partial charge in [-0.1, -0.05) is 35.9 Å². The van der Waals surface area contributed by atoms with Crippen molar-refractivity contribution in [2.24, 2.45) is 0 Å². The molecule has 0 spiro atoms. The second-order valence-electron chi connectivity index (χ2n) is 7.10. The van der Waals surface area contributed by atoms with Crippen molar-refractivity contribution in [3.63, 3.8) is 0 Å². The third-order valence-corrected chi connectivity index (χ3v) is 5.77. The van der Waals surface area contributed by atoms with Crippen molar-refractivity contribution in [1.29, 1.82) is 0 Å². The van der Waals surface area contributed by atoms with Gasteiger partial charge in [0.15, 0.2) is 0 Å². The molecule has 0 aliphatic heterocycles. The lowest BCUT2D eigenvalue weighted by Crippen LogP contribution is -2.21. The lowest BCUT2D eigenvalue weighted by atomic mass is 10.1. The number of hydrogen-bond donors (Lipinski definition) is 1. The zero-order valence-corrected chi connectivity index (χ0v) is 19.0. The summed E-state index contributed by atoms with van der Waals surface area (Å²) >= 11 is 1.17. The first-order valence-electron chi connectivity index (χ1n) is 10.2. The molecule has 7 nitrogen and oxygen atoms in total. The highest BCUT2D eigenvalue weighted by Gasteiger charge is 2.24. The van der Waals surface area contributed by atoms with Gasteiger partial charge < -0.3 is 19.2 Å². The van der Waals surface area contributed by atoms with E-state index in [1.54, 1.807) is 32.0 Å². The molecule has 2 aromatic carbocycles. The summed E-state index contributed by atoms with van der Waals surface area (Å²) in [5.41, 5.74) is 2.78. The van der Waals surface area contributed by atoms with Crippen LogP contribution in [0, 0.1) is 6.92 Å². The summed E-state index contributed by atoms with van der Waals surface area (Å²) in [6.45, 7) is 5.41. The number of aryl methyl sites for hydroxylation is 1. The van der Waals surface area contributed by atoms with Gasteiger partial charge in [-0.05, 0) is 39.0 Å². The second kappa shape index (κ2) is 10.9. The Hall–Kier alpha value is -3.26. The van der Waals surface area contributed by atoms with Crippen molar-refractivity contribution < 1.29 is 28.3 Å². The van der Waals surface area contributed by atoms with E-state index in [9.17, 15) is 14.4 Å². The number of esters is 2. The van der Waals surface area contributed by atoms with Crippen molar-refractivity contribution >= 4 is 46.3 Å². The third-order valence-electron chi connectivity index (χ3n) is 4.65. The molecule has 32 heavy (non-hydrogen) atoms. The maximum Gasteiger partial charge on any atom is 0.374 e. The summed E-state index contributed by atoms with van der Waals surface area (Å²) in [4.78, 5) is 36.9. The number of rotatable bonds is 9. The van der Waals surface area contributed by atoms with Gasteiger partial charge in [-0.3, -0.25) is 9.59 Å². The number of ether oxygens (including phenoxy) is 2. The van der Waals surface area contributed by atoms with E-state index < -0.39 is 17.2 Å². The van der Waals surface area contributed by atoms with Crippen LogP contribution >= 0.6 is 11.8 Å². The SMILES string of the molecule is CCOC(=O)c1oc2ccccc2c1COC(=O)[C@H](C)SCC(=O)Nc1ccc(C)cc1. The first kappa shape index (κ1) is 23.4. The maximum absolute atomic E-state index is 12.5. The lowest BCUT2D eigenvalue weighted by molar-refractivity contribution is -0.143. The molecule has 0 radical (unpaired) electrons. The minimum Gasteiger partial charge on any atom is -0.460 e. The van der Waals surface area contributed by atoms with Crippen molar-refractivity contribution in [2.45, 2.75) is 32.6 Å². The minimum absolute atomic E-state index is 0.0265. The van der Waals surface area contributed by atoms with Gasteiger partial charge in [-0.15, -0.1) is 11.8 Å². The van der Waals surface area contributed by atoms with Gasteiger partial charge in [0.05, 0.1) is 17.9 Å². The maximum atomic E-state index is 12.5. The number of carbonyl (C=O) groups is 3. The van der Waals surface area contributed by atoms with Crippen LogP contribution in [0.5, 0.6) is 0 Å². The van der Waals surface area contributed by atoms with Crippen LogP contribution in [0.15, 0.2) is 52.9 Å². The van der Waals surface area contributed by atoms with Gasteiger partial charge in [0.25, 0.3) is 0 Å². The van der Waals surface area contributed by atoms with E-state index in [0.717, 1.165) is 5.56 Å². The Morgan fingerprint density at radius 3 is 2.50 bits per heavy atom. The summed E-state index contributed by atoms with van der Waals surface area (Å²) in [6.07, 6.45) is 0. The van der Waals surface area contributed by atoms with Crippen LogP contribution in [0.1, 0.15) is 35.5 Å². The van der Waals surface area contributed by atoms with Crippen molar-refractivity contribution in [2.75, 3.05) is 17.7 Å². The van der Waals surface area contributed by atoms with Gasteiger partial charge in [0.2, 0.25) is 11.7 Å². The number of carbonyl (C=O) groups excluding carboxylic acids is 3. The predicted molar refractivity (Wildman–Crippen MR) is 124 cm³/mol. The number of hydrogen-bond acceptors (Lipinski definition) is 7. The molecule has 0 bridgehead atoms. The van der Waals surface area contributed by atoms with Crippen LogP contribution < -0.4 is 5.32 Å². The molecule has 0 unspecified atom stereocenters. The molecule has 1 N–H and O–H groups in total. The largest absolute Gasteiger partial charge is 0.460 e. The molecule has 8 heteroatoms. The Morgan fingerprint density at radius 1 is 1.06 bits per heavy atom. The first-order chi connectivity index (χ1) is 15.4. The summed E-state index contributed by atoms with van der Waals surface area (Å²) < 4.78 is 16.1. The number of nitrogens with one attached hydrogen (secondary N) is 1. The number of anilines is 1. The fourth-order valence-corrected chi connectivity index (χ4v) is 3.64. The Morgan fingerprint density at radius 2 is 1.78 bits per heavy atom. The Kier molecular flexibility index (Phi) is 7.94. The topological polar surface area (TPSA) is 94.8 Å². The molecule has 3 rings (SSSR count). The van der Waals surface area contributed by atoms with Crippen LogP contribution in [-0.4, -0.2) is 35.5 Å². The lowest BCUT2D eigenvalue weighted by Gasteiger charge is -2.12. The molecule has 1 heterocycles. The van der Waals surface area contributed by atoms with Crippen LogP contribution in [0.3, 0.4) is 0 Å². The average Bonchev–Trinajstić information content (AvgIpc) is 3.16. The normalized spacial score (nSPS) is 11.7. The number of thioether (sulfide) groups is 1. The van der Waals surface area contributed by atoms with Crippen molar-refractivity contribution in [3.05, 3.63) is 65.4 Å². The zero-order valence-electron chi connectivity index (χ0n) is 18.2. The van der Waals surface area contributed by atoms with Crippen molar-refractivity contribution in [1.82, 2.24) is 0 Å². The fraction of sp³-hybridized carbons (Fsp3) is 0.292. The summed E-state index contributed by atoms with van der Waals surface area (Å²) in [7, 11) is 0. The molecule has 1 amide bonds. The van der Waals surface area contributed by atoms with Crippen molar-refractivity contribution in [3.8, 4) is 0 Å².